The van der Waals surface area contributed by atoms with Crippen LogP contribution in [0.5, 0.6) is 0 Å². The number of aromatic amines is 1. The second kappa shape index (κ2) is 11.9. The molecular formula is C34H39FN3O2. The molecule has 1 aliphatic rings. The molecule has 1 aromatic heterocycles. The molecule has 1 amide bonds. The van der Waals surface area contributed by atoms with Gasteiger partial charge in [-0.25, -0.2) is 4.39 Å². The number of H-pyrrole nitrogens is 1. The number of aromatic nitrogens is 1. The maximum absolute atomic E-state index is 15.5. The van der Waals surface area contributed by atoms with Crippen LogP contribution in [-0.2, 0) is 23.2 Å². The second-order valence-corrected chi connectivity index (χ2v) is 11.0. The first-order valence-corrected chi connectivity index (χ1v) is 14.3. The summed E-state index contributed by atoms with van der Waals surface area (Å²) in [5.41, 5.74) is 10.00. The summed E-state index contributed by atoms with van der Waals surface area (Å²) in [6.07, 6.45) is 5.49. The number of carbonyl (C=O) groups is 1. The Bertz CT molecular complexity index is 1480. The zero-order valence-corrected chi connectivity index (χ0v) is 23.2. The molecule has 40 heavy (non-hydrogen) atoms. The second-order valence-electron chi connectivity index (χ2n) is 11.0. The van der Waals surface area contributed by atoms with E-state index in [0.717, 1.165) is 46.9 Å². The van der Waals surface area contributed by atoms with Gasteiger partial charge in [0, 0.05) is 41.7 Å². The fraction of sp³-hybridized carbons (Fsp3) is 0.353. The standard InChI is InChI=1S/C34H39FN3O2/c1-3-17-34(40,28-14-8-15-29(35)32(28)24-11-7-10-23(4-2)19-24)26-12-9-18-38(22-26)33(39)30(36)20-25-21-37-31-16-6-5-13-27(25)31/h5-8,10-11,13-16,19,21,26,30,37,40H,1,3-4,9,12,17-18,20,22,36H2,2H3/t26?,30-,34?/m0/s1. The molecule has 4 N–H and O–H groups in total. The SMILES string of the molecule is [CH2]CCC(O)(c1cccc(F)c1-c1cccc(CC)c1)C1CCCN(C(=O)[C@@H](N)Cc2c[nH]c3ccccc23)C1. The van der Waals surface area contributed by atoms with Gasteiger partial charge < -0.3 is 20.7 Å². The summed E-state index contributed by atoms with van der Waals surface area (Å²) in [5.74, 6) is -0.762. The Labute approximate surface area is 236 Å². The van der Waals surface area contributed by atoms with Gasteiger partial charge in [-0.2, -0.15) is 0 Å². The predicted octanol–water partition coefficient (Wildman–Crippen LogP) is 6.15. The molecule has 5 nitrogen and oxygen atoms in total. The van der Waals surface area contributed by atoms with E-state index in [-0.39, 0.29) is 17.6 Å². The fourth-order valence-corrected chi connectivity index (χ4v) is 6.38. The number of hydrogen-bond acceptors (Lipinski definition) is 3. The number of para-hydroxylation sites is 1. The van der Waals surface area contributed by atoms with Gasteiger partial charge in [-0.3, -0.25) is 4.79 Å². The van der Waals surface area contributed by atoms with Crippen LogP contribution in [0.25, 0.3) is 22.0 Å². The highest BCUT2D eigenvalue weighted by atomic mass is 19.1. The van der Waals surface area contributed by atoms with Crippen LogP contribution in [0.2, 0.25) is 0 Å². The van der Waals surface area contributed by atoms with E-state index in [1.54, 1.807) is 11.0 Å². The average molecular weight is 541 g/mol. The van der Waals surface area contributed by atoms with Crippen molar-refractivity contribution < 1.29 is 14.3 Å². The topological polar surface area (TPSA) is 82.3 Å². The minimum Gasteiger partial charge on any atom is -0.385 e. The summed E-state index contributed by atoms with van der Waals surface area (Å²) in [6, 6.07) is 20.1. The minimum absolute atomic E-state index is 0.123. The number of halogens is 1. The highest BCUT2D eigenvalue weighted by Crippen LogP contribution is 2.44. The number of piperidine rings is 1. The summed E-state index contributed by atoms with van der Waals surface area (Å²) in [7, 11) is 0. The molecule has 2 unspecified atom stereocenters. The number of nitrogens with one attached hydrogen (secondary N) is 1. The summed E-state index contributed by atoms with van der Waals surface area (Å²) < 4.78 is 15.5. The summed E-state index contributed by atoms with van der Waals surface area (Å²) in [5, 5.41) is 13.5. The van der Waals surface area contributed by atoms with Crippen molar-refractivity contribution >= 4 is 16.8 Å². The van der Waals surface area contributed by atoms with Crippen molar-refractivity contribution in [1.82, 2.24) is 9.88 Å². The first-order chi connectivity index (χ1) is 19.4. The van der Waals surface area contributed by atoms with Crippen LogP contribution < -0.4 is 5.73 Å². The quantitative estimate of drug-likeness (QED) is 0.238. The molecule has 5 rings (SSSR count). The molecule has 4 aromatic rings. The van der Waals surface area contributed by atoms with Crippen LogP contribution in [0.3, 0.4) is 0 Å². The molecular weight excluding hydrogens is 501 g/mol. The molecule has 0 spiro atoms. The van der Waals surface area contributed by atoms with Gasteiger partial charge in [0.15, 0.2) is 0 Å². The fourth-order valence-electron chi connectivity index (χ4n) is 6.38. The Morgan fingerprint density at radius 1 is 1.20 bits per heavy atom. The lowest BCUT2D eigenvalue weighted by atomic mass is 9.72. The smallest absolute Gasteiger partial charge is 0.239 e. The van der Waals surface area contributed by atoms with Crippen LogP contribution in [0.1, 0.15) is 49.3 Å². The van der Waals surface area contributed by atoms with Crippen molar-refractivity contribution in [1.29, 1.82) is 0 Å². The highest BCUT2D eigenvalue weighted by Gasteiger charge is 2.43. The lowest BCUT2D eigenvalue weighted by molar-refractivity contribution is -0.138. The van der Waals surface area contributed by atoms with Gasteiger partial charge >= 0.3 is 0 Å². The first kappa shape index (κ1) is 28.1. The maximum atomic E-state index is 15.5. The van der Waals surface area contributed by atoms with E-state index in [2.05, 4.69) is 18.8 Å². The van der Waals surface area contributed by atoms with Gasteiger partial charge in [-0.05, 0) is 66.5 Å². The third kappa shape index (κ3) is 5.43. The van der Waals surface area contributed by atoms with E-state index in [9.17, 15) is 9.90 Å². The average Bonchev–Trinajstić information content (AvgIpc) is 3.39. The molecule has 1 saturated heterocycles. The number of nitrogens with two attached hydrogens (primary N) is 1. The number of aryl methyl sites for hydroxylation is 1. The Balaban J connectivity index is 1.42. The normalized spacial score (nSPS) is 18.0. The molecule has 0 bridgehead atoms. The van der Waals surface area contributed by atoms with E-state index < -0.39 is 11.6 Å². The Morgan fingerprint density at radius 3 is 2.80 bits per heavy atom. The van der Waals surface area contributed by atoms with Crippen molar-refractivity contribution in [2.75, 3.05) is 13.1 Å². The third-order valence-corrected chi connectivity index (χ3v) is 8.50. The van der Waals surface area contributed by atoms with E-state index in [1.165, 1.54) is 6.07 Å². The number of likely N-dealkylation sites (tertiary alicyclic amines) is 1. The number of aliphatic hydroxyl groups is 1. The maximum Gasteiger partial charge on any atom is 0.239 e. The monoisotopic (exact) mass is 540 g/mol. The zero-order chi connectivity index (χ0) is 28.3. The number of rotatable bonds is 9. The summed E-state index contributed by atoms with van der Waals surface area (Å²) in [4.78, 5) is 18.6. The Hall–Kier alpha value is -3.48. The van der Waals surface area contributed by atoms with Gasteiger partial charge in [0.2, 0.25) is 5.91 Å². The highest BCUT2D eigenvalue weighted by molar-refractivity contribution is 5.86. The minimum atomic E-state index is -1.35. The van der Waals surface area contributed by atoms with Crippen LogP contribution >= 0.6 is 0 Å². The van der Waals surface area contributed by atoms with Gasteiger partial charge in [0.05, 0.1) is 11.6 Å². The number of amides is 1. The van der Waals surface area contributed by atoms with E-state index in [0.29, 0.717) is 43.5 Å². The lowest BCUT2D eigenvalue weighted by Gasteiger charge is -2.44. The van der Waals surface area contributed by atoms with Crippen molar-refractivity contribution in [3.8, 4) is 11.1 Å². The molecule has 6 heteroatoms. The van der Waals surface area contributed by atoms with E-state index in [1.807, 2.05) is 60.8 Å². The van der Waals surface area contributed by atoms with Gasteiger partial charge in [0.25, 0.3) is 0 Å². The van der Waals surface area contributed by atoms with E-state index in [4.69, 9.17) is 5.73 Å². The van der Waals surface area contributed by atoms with Crippen LogP contribution in [0, 0.1) is 18.7 Å². The lowest BCUT2D eigenvalue weighted by Crippen LogP contribution is -2.52. The largest absolute Gasteiger partial charge is 0.385 e. The predicted molar refractivity (Wildman–Crippen MR) is 159 cm³/mol. The number of fused-ring (bicyclic) bond motifs is 1. The van der Waals surface area contributed by atoms with Gasteiger partial charge in [-0.1, -0.05) is 74.9 Å². The van der Waals surface area contributed by atoms with Crippen LogP contribution in [0.4, 0.5) is 4.39 Å². The first-order valence-electron chi connectivity index (χ1n) is 14.3. The summed E-state index contributed by atoms with van der Waals surface area (Å²) in [6.45, 7) is 7.05. The molecule has 209 valence electrons. The number of carbonyl (C=O) groups excluding carboxylic acids is 1. The number of benzene rings is 3. The number of hydrogen-bond donors (Lipinski definition) is 3. The molecule has 1 aliphatic heterocycles. The zero-order valence-electron chi connectivity index (χ0n) is 23.2. The summed E-state index contributed by atoms with van der Waals surface area (Å²) >= 11 is 0. The van der Waals surface area contributed by atoms with E-state index >= 15 is 4.39 Å². The Morgan fingerprint density at radius 2 is 2.00 bits per heavy atom. The molecule has 3 aromatic carbocycles. The third-order valence-electron chi connectivity index (χ3n) is 8.50. The van der Waals surface area contributed by atoms with Crippen molar-refractivity contribution in [3.05, 3.63) is 102 Å². The van der Waals surface area contributed by atoms with Crippen molar-refractivity contribution in [2.24, 2.45) is 11.7 Å². The molecule has 0 aliphatic carbocycles. The number of nitrogens with zero attached hydrogens (tertiary/aromatic N) is 1. The van der Waals surface area contributed by atoms with Crippen LogP contribution in [-0.4, -0.2) is 40.0 Å². The van der Waals surface area contributed by atoms with Crippen molar-refractivity contribution in [3.63, 3.8) is 0 Å². The van der Waals surface area contributed by atoms with Crippen LogP contribution in [0.15, 0.2) is 72.9 Å². The molecule has 2 heterocycles. The molecule has 3 atom stereocenters. The molecule has 1 fully saturated rings. The molecule has 0 saturated carbocycles. The van der Waals surface area contributed by atoms with Gasteiger partial charge in [-0.15, -0.1) is 0 Å². The van der Waals surface area contributed by atoms with Crippen molar-refractivity contribution in [2.45, 2.75) is 57.1 Å². The molecule has 1 radical (unpaired) electrons. The Kier molecular flexibility index (Phi) is 8.38. The van der Waals surface area contributed by atoms with Gasteiger partial charge in [0.1, 0.15) is 5.82 Å².